The summed E-state index contributed by atoms with van der Waals surface area (Å²) >= 11 is 6.51. The smallest absolute Gasteiger partial charge is 0.259 e. The van der Waals surface area contributed by atoms with Gasteiger partial charge in [-0.05, 0) is 13.0 Å². The highest BCUT2D eigenvalue weighted by Crippen LogP contribution is 2.53. The summed E-state index contributed by atoms with van der Waals surface area (Å²) in [6, 6.07) is 1.44. The number of ketones is 2. The maximum absolute atomic E-state index is 13.3. The van der Waals surface area contributed by atoms with Crippen molar-refractivity contribution in [3.63, 3.8) is 0 Å². The number of ether oxygens (including phenoxy) is 2. The first-order valence-electron chi connectivity index (χ1n) is 8.81. The van der Waals surface area contributed by atoms with Crippen LogP contribution in [0.2, 0.25) is 5.02 Å². The minimum absolute atomic E-state index is 0.00344. The summed E-state index contributed by atoms with van der Waals surface area (Å²) in [4.78, 5) is 29.2. The lowest BCUT2D eigenvalue weighted by Crippen LogP contribution is -2.51. The molecule has 2 aliphatic rings. The first kappa shape index (κ1) is 19.4. The van der Waals surface area contributed by atoms with Gasteiger partial charge in [-0.3, -0.25) is 9.59 Å². The number of methoxy groups -OCH3 is 1. The van der Waals surface area contributed by atoms with Gasteiger partial charge in [-0.2, -0.15) is 4.98 Å². The third-order valence-corrected chi connectivity index (χ3v) is 5.53. The predicted octanol–water partition coefficient (Wildman–Crippen LogP) is 2.82. The second-order valence-corrected chi connectivity index (χ2v) is 7.42. The zero-order valence-corrected chi connectivity index (χ0v) is 16.5. The largest absolute Gasteiger partial charge is 0.507 e. The van der Waals surface area contributed by atoms with Crippen LogP contribution < -0.4 is 9.47 Å². The second-order valence-electron chi connectivity index (χ2n) is 7.05. The summed E-state index contributed by atoms with van der Waals surface area (Å²) in [6.07, 6.45) is 0.0714. The number of allylic oxidation sites excluding steroid dienone is 1. The third kappa shape index (κ3) is 2.65. The molecule has 1 spiro atoms. The first-order chi connectivity index (χ1) is 13.7. The number of halogens is 1. The highest BCUT2D eigenvalue weighted by Gasteiger charge is 2.59. The van der Waals surface area contributed by atoms with Crippen LogP contribution in [0.25, 0.3) is 11.5 Å². The summed E-state index contributed by atoms with van der Waals surface area (Å²) in [7, 11) is 1.37. The lowest BCUT2D eigenvalue weighted by Gasteiger charge is -2.34. The molecule has 4 rings (SSSR count). The number of benzene rings is 1. The summed E-state index contributed by atoms with van der Waals surface area (Å²) in [5.41, 5.74) is -1.47. The normalized spacial score (nSPS) is 24.3. The van der Waals surface area contributed by atoms with E-state index in [2.05, 4.69) is 10.1 Å². The Morgan fingerprint density at radius 1 is 1.41 bits per heavy atom. The van der Waals surface area contributed by atoms with Gasteiger partial charge in [0.05, 0.1) is 17.7 Å². The molecule has 29 heavy (non-hydrogen) atoms. The molecule has 9 nitrogen and oxygen atoms in total. The number of aliphatic hydroxyl groups excluding tert-OH is 2. The number of rotatable bonds is 3. The zero-order valence-electron chi connectivity index (χ0n) is 15.7. The molecule has 0 amide bonds. The van der Waals surface area contributed by atoms with E-state index in [9.17, 15) is 19.8 Å². The molecule has 1 aromatic heterocycles. The van der Waals surface area contributed by atoms with Crippen molar-refractivity contribution in [3.8, 4) is 23.0 Å². The number of aromatic nitrogens is 2. The van der Waals surface area contributed by atoms with Crippen molar-refractivity contribution in [2.45, 2.75) is 32.0 Å². The number of hydrogen-bond donors (Lipinski definition) is 2. The number of nitrogens with zero attached hydrogens (tertiary/aromatic N) is 2. The van der Waals surface area contributed by atoms with Crippen molar-refractivity contribution in [1.82, 2.24) is 10.1 Å². The Hall–Kier alpha value is -2.91. The standard InChI is InChI=1S/C19H17ClN2O7/c1-7-4-9(24)5-12(25)19(7)16(26)13-11(27-3)6-10(14(20)15(13)28-19)18-21-17(8(2)23)22-29-18/h5-8,23,25H,4H2,1-3H3/t7-,8?,19+/m1/s1. The quantitative estimate of drug-likeness (QED) is 0.768. The number of carbonyl (C=O) groups excluding carboxylic acids is 2. The van der Waals surface area contributed by atoms with Crippen LogP contribution in [0.4, 0.5) is 0 Å². The molecule has 152 valence electrons. The lowest BCUT2D eigenvalue weighted by molar-refractivity contribution is -0.118. The van der Waals surface area contributed by atoms with Crippen molar-refractivity contribution in [3.05, 3.63) is 34.3 Å². The van der Waals surface area contributed by atoms with Gasteiger partial charge in [0, 0.05) is 18.4 Å². The highest BCUT2D eigenvalue weighted by atomic mass is 35.5. The van der Waals surface area contributed by atoms with E-state index in [0.717, 1.165) is 6.08 Å². The van der Waals surface area contributed by atoms with Crippen LogP contribution in [-0.2, 0) is 4.79 Å². The fourth-order valence-corrected chi connectivity index (χ4v) is 3.92. The van der Waals surface area contributed by atoms with E-state index in [1.54, 1.807) is 6.92 Å². The highest BCUT2D eigenvalue weighted by molar-refractivity contribution is 6.36. The molecule has 0 saturated carbocycles. The van der Waals surface area contributed by atoms with Crippen molar-refractivity contribution in [1.29, 1.82) is 0 Å². The fraction of sp³-hybridized carbons (Fsp3) is 0.368. The molecule has 0 fully saturated rings. The van der Waals surface area contributed by atoms with Gasteiger partial charge in [-0.15, -0.1) is 0 Å². The number of fused-ring (bicyclic) bond motifs is 1. The van der Waals surface area contributed by atoms with Gasteiger partial charge in [0.2, 0.25) is 11.4 Å². The van der Waals surface area contributed by atoms with Crippen LogP contribution in [0.1, 0.15) is 42.6 Å². The van der Waals surface area contributed by atoms with Gasteiger partial charge in [0.15, 0.2) is 17.4 Å². The van der Waals surface area contributed by atoms with E-state index >= 15 is 0 Å². The maximum atomic E-state index is 13.3. The molecule has 0 bridgehead atoms. The number of carbonyl (C=O) groups is 2. The average Bonchev–Trinajstić information content (AvgIpc) is 3.26. The summed E-state index contributed by atoms with van der Waals surface area (Å²) in [5.74, 6) is -1.78. The molecule has 0 saturated heterocycles. The molecule has 1 aliphatic heterocycles. The van der Waals surface area contributed by atoms with Gasteiger partial charge >= 0.3 is 0 Å². The number of Topliss-reactive ketones (excluding diaryl/α,β-unsaturated/α-hetero) is 1. The van der Waals surface area contributed by atoms with Gasteiger partial charge in [-0.25, -0.2) is 0 Å². The summed E-state index contributed by atoms with van der Waals surface area (Å²) in [6.45, 7) is 3.12. The topological polar surface area (TPSA) is 132 Å². The van der Waals surface area contributed by atoms with E-state index in [-0.39, 0.29) is 51.6 Å². The molecular weight excluding hydrogens is 404 g/mol. The molecule has 2 heterocycles. The molecule has 1 aliphatic carbocycles. The van der Waals surface area contributed by atoms with E-state index in [1.807, 2.05) is 0 Å². The second kappa shape index (κ2) is 6.57. The Labute approximate surface area is 169 Å². The summed E-state index contributed by atoms with van der Waals surface area (Å²) < 4.78 is 16.5. The van der Waals surface area contributed by atoms with Crippen LogP contribution >= 0.6 is 11.6 Å². The van der Waals surface area contributed by atoms with Crippen molar-refractivity contribution in [2.24, 2.45) is 5.92 Å². The van der Waals surface area contributed by atoms with Gasteiger partial charge in [0.1, 0.15) is 23.2 Å². The minimum atomic E-state index is -1.76. The van der Waals surface area contributed by atoms with Crippen LogP contribution in [-0.4, -0.2) is 44.6 Å². The predicted molar refractivity (Wildman–Crippen MR) is 99.1 cm³/mol. The molecule has 2 aromatic rings. The Morgan fingerprint density at radius 2 is 2.14 bits per heavy atom. The first-order valence-corrected chi connectivity index (χ1v) is 9.18. The number of aliphatic hydroxyl groups is 2. The van der Waals surface area contributed by atoms with Crippen LogP contribution in [0.3, 0.4) is 0 Å². The Kier molecular flexibility index (Phi) is 4.39. The maximum Gasteiger partial charge on any atom is 0.259 e. The lowest BCUT2D eigenvalue weighted by atomic mass is 9.75. The Balaban J connectivity index is 1.90. The van der Waals surface area contributed by atoms with E-state index in [1.165, 1.54) is 20.1 Å². The minimum Gasteiger partial charge on any atom is -0.507 e. The van der Waals surface area contributed by atoms with Crippen molar-refractivity contribution in [2.75, 3.05) is 7.11 Å². The molecule has 10 heteroatoms. The average molecular weight is 421 g/mol. The van der Waals surface area contributed by atoms with Gasteiger partial charge in [0.25, 0.3) is 5.89 Å². The molecule has 0 radical (unpaired) electrons. The van der Waals surface area contributed by atoms with Crippen molar-refractivity contribution < 1.29 is 33.8 Å². The van der Waals surface area contributed by atoms with E-state index < -0.39 is 29.2 Å². The molecule has 2 N–H and O–H groups in total. The van der Waals surface area contributed by atoms with Gasteiger partial charge in [-0.1, -0.05) is 23.7 Å². The van der Waals surface area contributed by atoms with Crippen LogP contribution in [0.15, 0.2) is 22.4 Å². The van der Waals surface area contributed by atoms with Crippen LogP contribution in [0, 0.1) is 5.92 Å². The van der Waals surface area contributed by atoms with Gasteiger partial charge < -0.3 is 24.2 Å². The fourth-order valence-electron chi connectivity index (χ4n) is 3.65. The van der Waals surface area contributed by atoms with E-state index in [4.69, 9.17) is 25.6 Å². The van der Waals surface area contributed by atoms with Crippen LogP contribution in [0.5, 0.6) is 11.5 Å². The van der Waals surface area contributed by atoms with Crippen molar-refractivity contribution >= 4 is 23.2 Å². The third-order valence-electron chi connectivity index (χ3n) is 5.16. The molecule has 1 unspecified atom stereocenters. The Morgan fingerprint density at radius 3 is 2.72 bits per heavy atom. The molecule has 1 aromatic carbocycles. The zero-order chi connectivity index (χ0) is 21.1. The Bertz CT molecular complexity index is 1070. The molecular formula is C19H17ClN2O7. The summed E-state index contributed by atoms with van der Waals surface area (Å²) in [5, 5.41) is 23.8. The SMILES string of the molecule is COc1cc(-c2nc(C(C)O)no2)c(Cl)c2c1C(=O)[C@@]1(O2)C(O)=CC(=O)C[C@H]1C. The number of hydrogen-bond acceptors (Lipinski definition) is 9. The monoisotopic (exact) mass is 420 g/mol. The molecule has 3 atom stereocenters. The van der Waals surface area contributed by atoms with E-state index in [0.29, 0.717) is 0 Å².